The summed E-state index contributed by atoms with van der Waals surface area (Å²) in [5, 5.41) is 3.92. The summed E-state index contributed by atoms with van der Waals surface area (Å²) >= 11 is 0. The molecule has 8 nitrogen and oxygen atoms in total. The lowest BCUT2D eigenvalue weighted by molar-refractivity contribution is -0.135. The number of carbonyl (C=O) groups excluding carboxylic acids is 2. The van der Waals surface area contributed by atoms with Gasteiger partial charge in [0.2, 0.25) is 5.91 Å². The van der Waals surface area contributed by atoms with Crippen molar-refractivity contribution in [2.45, 2.75) is 64.6 Å². The lowest BCUT2D eigenvalue weighted by Crippen LogP contribution is -2.52. The van der Waals surface area contributed by atoms with Crippen molar-refractivity contribution in [3.63, 3.8) is 0 Å². The lowest BCUT2D eigenvalue weighted by atomic mass is 10.0. The molecule has 0 spiro atoms. The minimum absolute atomic E-state index is 0. The quantitative estimate of drug-likeness (QED) is 0.426. The molecule has 1 saturated heterocycles. The number of piperidine rings is 1. The van der Waals surface area contributed by atoms with E-state index in [1.165, 1.54) is 12.1 Å². The molecular formula is C25H38ClFN4O4. The number of carbonyl (C=O) groups is 2. The van der Waals surface area contributed by atoms with Crippen LogP contribution in [-0.2, 0) is 27.3 Å². The molecule has 0 radical (unpaired) electrons. The van der Waals surface area contributed by atoms with Crippen molar-refractivity contribution in [1.29, 1.82) is 0 Å². The highest BCUT2D eigenvalue weighted by Crippen LogP contribution is 2.35. The normalized spacial score (nSPS) is 15.7. The monoisotopic (exact) mass is 512 g/mol. The number of methoxy groups -OCH3 is 1. The zero-order valence-corrected chi connectivity index (χ0v) is 21.7. The number of nitrogens with two attached hydrogens (primary N) is 1. The van der Waals surface area contributed by atoms with Gasteiger partial charge in [0.25, 0.3) is 5.91 Å². The Balaban J connectivity index is 0.00000432. The Morgan fingerprint density at radius 3 is 2.71 bits per heavy atom. The molecule has 0 aliphatic carbocycles. The molecule has 3 N–H and O–H groups in total. The summed E-state index contributed by atoms with van der Waals surface area (Å²) in [6.45, 7) is 6.66. The van der Waals surface area contributed by atoms with Gasteiger partial charge >= 0.3 is 0 Å². The Hall–Kier alpha value is -2.36. The molecule has 2 aromatic rings. The average molecular weight is 513 g/mol. The summed E-state index contributed by atoms with van der Waals surface area (Å²) in [6.07, 6.45) is 3.71. The van der Waals surface area contributed by atoms with Gasteiger partial charge < -0.3 is 30.0 Å². The molecule has 2 heterocycles. The van der Waals surface area contributed by atoms with Gasteiger partial charge in [-0.15, -0.1) is 12.4 Å². The number of primary amides is 1. The van der Waals surface area contributed by atoms with Gasteiger partial charge in [-0.25, -0.2) is 4.39 Å². The zero-order chi connectivity index (χ0) is 24.7. The van der Waals surface area contributed by atoms with Crippen molar-refractivity contribution < 1.29 is 23.5 Å². The fraction of sp³-hybridized carbons (Fsp3) is 0.600. The van der Waals surface area contributed by atoms with Crippen LogP contribution in [0.4, 0.5) is 4.39 Å². The summed E-state index contributed by atoms with van der Waals surface area (Å²) in [5.74, 6) is -0.720. The van der Waals surface area contributed by atoms with Crippen LogP contribution in [0, 0.1) is 5.82 Å². The molecule has 35 heavy (non-hydrogen) atoms. The largest absolute Gasteiger partial charge is 0.481 e. The summed E-state index contributed by atoms with van der Waals surface area (Å²) in [4.78, 5) is 27.1. The molecule has 10 heteroatoms. The number of nitrogens with one attached hydrogen (secondary N) is 1. The molecule has 2 amide bonds. The number of rotatable bonds is 12. The number of benzene rings is 1. The summed E-state index contributed by atoms with van der Waals surface area (Å²) in [7, 11) is 1.66. The Morgan fingerprint density at radius 2 is 2.09 bits per heavy atom. The van der Waals surface area contributed by atoms with Crippen molar-refractivity contribution in [3.05, 3.63) is 29.7 Å². The van der Waals surface area contributed by atoms with Crippen LogP contribution < -0.4 is 15.8 Å². The van der Waals surface area contributed by atoms with Gasteiger partial charge in [0, 0.05) is 44.3 Å². The molecular weight excluding hydrogens is 475 g/mol. The molecule has 1 aliphatic rings. The first-order valence-corrected chi connectivity index (χ1v) is 12.1. The molecule has 1 fully saturated rings. The predicted molar refractivity (Wildman–Crippen MR) is 137 cm³/mol. The van der Waals surface area contributed by atoms with E-state index in [1.54, 1.807) is 13.2 Å². The van der Waals surface area contributed by atoms with E-state index in [-0.39, 0.29) is 43.4 Å². The fourth-order valence-electron chi connectivity index (χ4n) is 4.82. The highest BCUT2D eigenvalue weighted by molar-refractivity contribution is 5.92. The second-order valence-corrected chi connectivity index (χ2v) is 9.12. The molecule has 196 valence electrons. The molecule has 0 unspecified atom stereocenters. The molecule has 1 aliphatic heterocycles. The minimum atomic E-state index is -0.633. The molecule has 1 aromatic heterocycles. The second kappa shape index (κ2) is 13.7. The predicted octanol–water partition coefficient (Wildman–Crippen LogP) is 3.02. The lowest BCUT2D eigenvalue weighted by Gasteiger charge is -2.37. The third kappa shape index (κ3) is 7.32. The first kappa shape index (κ1) is 28.9. The van der Waals surface area contributed by atoms with Crippen LogP contribution in [0.5, 0.6) is 5.75 Å². The maximum absolute atomic E-state index is 14.2. The SMILES string of the molecule is COCCCCn1c(CC(=O)N(C(C)C)[C@@H]2CCCNC2)c(OCC(N)=O)c2cc(F)ccc21.Cl. The topological polar surface area (TPSA) is 98.8 Å². The molecule has 3 rings (SSSR count). The summed E-state index contributed by atoms with van der Waals surface area (Å²) in [6, 6.07) is 4.62. The molecule has 0 bridgehead atoms. The number of hydrogen-bond donors (Lipinski definition) is 2. The van der Waals surface area contributed by atoms with Crippen LogP contribution >= 0.6 is 12.4 Å². The van der Waals surface area contributed by atoms with Gasteiger partial charge in [0.1, 0.15) is 11.6 Å². The number of fused-ring (bicyclic) bond motifs is 1. The number of amides is 2. The van der Waals surface area contributed by atoms with Crippen molar-refractivity contribution in [1.82, 2.24) is 14.8 Å². The fourth-order valence-corrected chi connectivity index (χ4v) is 4.82. The van der Waals surface area contributed by atoms with Crippen molar-refractivity contribution >= 4 is 35.1 Å². The maximum Gasteiger partial charge on any atom is 0.255 e. The van der Waals surface area contributed by atoms with E-state index in [9.17, 15) is 14.0 Å². The van der Waals surface area contributed by atoms with Crippen LogP contribution in [0.1, 0.15) is 45.2 Å². The van der Waals surface area contributed by atoms with Crippen LogP contribution in [0.15, 0.2) is 18.2 Å². The number of hydrogen-bond acceptors (Lipinski definition) is 5. The van der Waals surface area contributed by atoms with Gasteiger partial charge in [0.15, 0.2) is 6.61 Å². The average Bonchev–Trinajstić information content (AvgIpc) is 3.07. The first-order valence-electron chi connectivity index (χ1n) is 12.1. The molecule has 1 atom stereocenters. The number of nitrogens with zero attached hydrogens (tertiary/aromatic N) is 2. The highest BCUT2D eigenvalue weighted by atomic mass is 35.5. The van der Waals surface area contributed by atoms with E-state index >= 15 is 0 Å². The third-order valence-electron chi connectivity index (χ3n) is 6.25. The second-order valence-electron chi connectivity index (χ2n) is 9.12. The van der Waals surface area contributed by atoms with Crippen molar-refractivity contribution in [3.8, 4) is 5.75 Å². The van der Waals surface area contributed by atoms with Crippen LogP contribution in [-0.4, -0.2) is 66.8 Å². The third-order valence-corrected chi connectivity index (χ3v) is 6.25. The van der Waals surface area contributed by atoms with E-state index < -0.39 is 11.7 Å². The Bertz CT molecular complexity index is 991. The Labute approximate surface area is 212 Å². The van der Waals surface area contributed by atoms with E-state index in [0.29, 0.717) is 30.0 Å². The van der Waals surface area contributed by atoms with Crippen LogP contribution in [0.25, 0.3) is 10.9 Å². The van der Waals surface area contributed by atoms with Gasteiger partial charge in [-0.1, -0.05) is 0 Å². The first-order chi connectivity index (χ1) is 16.3. The summed E-state index contributed by atoms with van der Waals surface area (Å²) < 4.78 is 27.2. The molecule has 0 saturated carbocycles. The van der Waals surface area contributed by atoms with E-state index in [2.05, 4.69) is 5.32 Å². The van der Waals surface area contributed by atoms with E-state index in [1.807, 2.05) is 23.3 Å². The standard InChI is InChI=1S/C25H37FN4O4.ClH/c1-17(2)30(19-7-6-10-28-15-19)24(32)14-22-25(34-16-23(27)31)20-13-18(26)8-9-21(20)29(22)11-4-5-12-33-3;/h8-9,13,17,19,28H,4-7,10-12,14-16H2,1-3H3,(H2,27,31);1H/t19-;/m1./s1. The Morgan fingerprint density at radius 1 is 1.31 bits per heavy atom. The minimum Gasteiger partial charge on any atom is -0.481 e. The van der Waals surface area contributed by atoms with Crippen molar-refractivity contribution in [2.75, 3.05) is 33.4 Å². The number of halogens is 2. The maximum atomic E-state index is 14.2. The van der Waals surface area contributed by atoms with Gasteiger partial charge in [-0.2, -0.15) is 0 Å². The zero-order valence-electron chi connectivity index (χ0n) is 20.8. The van der Waals surface area contributed by atoms with Gasteiger partial charge in [-0.3, -0.25) is 9.59 Å². The van der Waals surface area contributed by atoms with Crippen molar-refractivity contribution in [2.24, 2.45) is 5.73 Å². The van der Waals surface area contributed by atoms with E-state index in [4.69, 9.17) is 15.2 Å². The number of aromatic nitrogens is 1. The van der Waals surface area contributed by atoms with Gasteiger partial charge in [0.05, 0.1) is 17.6 Å². The number of unbranched alkanes of at least 4 members (excludes halogenated alkanes) is 1. The molecule has 1 aromatic carbocycles. The van der Waals surface area contributed by atoms with Crippen LogP contribution in [0.2, 0.25) is 0 Å². The smallest absolute Gasteiger partial charge is 0.255 e. The number of aryl methyl sites for hydroxylation is 1. The van der Waals surface area contributed by atoms with Gasteiger partial charge in [-0.05, 0) is 64.3 Å². The van der Waals surface area contributed by atoms with E-state index in [0.717, 1.165) is 44.3 Å². The number of ether oxygens (including phenoxy) is 2. The summed E-state index contributed by atoms with van der Waals surface area (Å²) in [5.41, 5.74) is 6.73. The Kier molecular flexibility index (Phi) is 11.3. The highest BCUT2D eigenvalue weighted by Gasteiger charge is 2.30. The van der Waals surface area contributed by atoms with Crippen LogP contribution in [0.3, 0.4) is 0 Å².